The Bertz CT molecular complexity index is 1300. The third-order valence-electron chi connectivity index (χ3n) is 5.81. The van der Waals surface area contributed by atoms with Gasteiger partial charge in [-0.05, 0) is 52.6 Å². The van der Waals surface area contributed by atoms with Gasteiger partial charge in [0, 0.05) is 29.7 Å². The molecule has 9 heteroatoms. The number of allylic oxidation sites excluding steroid dienone is 4. The average molecular weight is 501 g/mol. The van der Waals surface area contributed by atoms with Crippen molar-refractivity contribution in [3.8, 4) is 0 Å². The van der Waals surface area contributed by atoms with Crippen LogP contribution in [0.5, 0.6) is 0 Å². The van der Waals surface area contributed by atoms with Gasteiger partial charge in [0.1, 0.15) is 0 Å². The predicted molar refractivity (Wildman–Crippen MR) is 142 cm³/mol. The molecule has 0 spiro atoms. The van der Waals surface area contributed by atoms with Gasteiger partial charge in [-0.3, -0.25) is 14.6 Å². The molecule has 1 heterocycles. The standard InChI is InChI=1S/C27H28N6O2S/c1-17(2)22-15-23(34)18(3)26(25(22)35)36-14-13-28-24(27-30-32-33-31-27)20-9-11-21(12-10-20)29-16-19-7-5-4-6-8-19/h4-12,15-17,24,28H,13-14H2,1-3H3,(H,30,31,32,33)/b29-16-. The van der Waals surface area contributed by atoms with Crippen LogP contribution in [0.25, 0.3) is 0 Å². The Morgan fingerprint density at radius 1 is 1.08 bits per heavy atom. The molecule has 36 heavy (non-hydrogen) atoms. The van der Waals surface area contributed by atoms with Crippen molar-refractivity contribution in [1.29, 1.82) is 0 Å². The molecule has 1 atom stereocenters. The van der Waals surface area contributed by atoms with Crippen LogP contribution in [0.1, 0.15) is 43.8 Å². The van der Waals surface area contributed by atoms with Crippen LogP contribution in [0.4, 0.5) is 5.69 Å². The fourth-order valence-electron chi connectivity index (χ4n) is 3.79. The van der Waals surface area contributed by atoms with Crippen LogP contribution in [0.2, 0.25) is 0 Å². The number of tetrazole rings is 1. The van der Waals surface area contributed by atoms with Gasteiger partial charge in [0.2, 0.25) is 0 Å². The second-order valence-corrected chi connectivity index (χ2v) is 9.79. The Morgan fingerprint density at radius 3 is 2.50 bits per heavy atom. The molecule has 8 nitrogen and oxygen atoms in total. The summed E-state index contributed by atoms with van der Waals surface area (Å²) in [6.45, 7) is 6.14. The number of H-pyrrole nitrogens is 1. The van der Waals surface area contributed by atoms with Gasteiger partial charge < -0.3 is 5.32 Å². The first-order valence-corrected chi connectivity index (χ1v) is 12.7. The first kappa shape index (κ1) is 25.4. The lowest BCUT2D eigenvalue weighted by atomic mass is 9.90. The first-order valence-electron chi connectivity index (χ1n) is 11.7. The highest BCUT2D eigenvalue weighted by atomic mass is 32.2. The van der Waals surface area contributed by atoms with Gasteiger partial charge in [-0.15, -0.1) is 16.9 Å². The highest BCUT2D eigenvalue weighted by Gasteiger charge is 2.28. The topological polar surface area (TPSA) is 113 Å². The summed E-state index contributed by atoms with van der Waals surface area (Å²) in [5.74, 6) is 1.06. The second-order valence-electron chi connectivity index (χ2n) is 8.68. The summed E-state index contributed by atoms with van der Waals surface area (Å²) in [6, 6.07) is 17.5. The zero-order chi connectivity index (χ0) is 25.5. The number of aliphatic imine (C=N–C) groups is 1. The molecule has 0 saturated heterocycles. The number of nitrogens with zero attached hydrogens (tertiary/aromatic N) is 4. The molecule has 4 rings (SSSR count). The minimum Gasteiger partial charge on any atom is -0.303 e. The van der Waals surface area contributed by atoms with Crippen molar-refractivity contribution >= 4 is 35.2 Å². The van der Waals surface area contributed by atoms with Crippen LogP contribution in [0, 0.1) is 5.92 Å². The van der Waals surface area contributed by atoms with Crippen molar-refractivity contribution in [2.75, 3.05) is 12.3 Å². The quantitative estimate of drug-likeness (QED) is 0.241. The maximum Gasteiger partial charge on any atom is 0.196 e. The molecule has 1 aliphatic carbocycles. The summed E-state index contributed by atoms with van der Waals surface area (Å²) in [4.78, 5) is 30.3. The molecule has 0 radical (unpaired) electrons. The fraction of sp³-hybridized carbons (Fsp3) is 0.259. The molecule has 1 aliphatic rings. The molecule has 1 aromatic heterocycles. The number of Topliss-reactive ketones (excluding diaryl/α,β-unsaturated/α-hetero) is 1. The van der Waals surface area contributed by atoms with E-state index in [2.05, 4.69) is 30.9 Å². The molecule has 184 valence electrons. The van der Waals surface area contributed by atoms with Crippen LogP contribution in [-0.4, -0.2) is 50.7 Å². The molecule has 3 aromatic rings. The van der Waals surface area contributed by atoms with E-state index in [0.29, 0.717) is 34.2 Å². The van der Waals surface area contributed by atoms with E-state index in [0.717, 1.165) is 16.8 Å². The van der Waals surface area contributed by atoms with E-state index < -0.39 is 0 Å². The molecule has 1 unspecified atom stereocenters. The zero-order valence-electron chi connectivity index (χ0n) is 20.4. The molecule has 0 saturated carbocycles. The van der Waals surface area contributed by atoms with Gasteiger partial charge >= 0.3 is 0 Å². The predicted octanol–water partition coefficient (Wildman–Crippen LogP) is 4.37. The lowest BCUT2D eigenvalue weighted by Crippen LogP contribution is -2.26. The van der Waals surface area contributed by atoms with Crippen molar-refractivity contribution in [2.24, 2.45) is 10.9 Å². The number of benzene rings is 2. The monoisotopic (exact) mass is 500 g/mol. The molecule has 0 fully saturated rings. The van der Waals surface area contributed by atoms with Crippen molar-refractivity contribution in [3.05, 3.63) is 93.7 Å². The summed E-state index contributed by atoms with van der Waals surface area (Å²) in [6.07, 6.45) is 3.31. The van der Waals surface area contributed by atoms with Crippen molar-refractivity contribution < 1.29 is 9.59 Å². The molecule has 2 N–H and O–H groups in total. The largest absolute Gasteiger partial charge is 0.303 e. The number of carbonyl (C=O) groups is 2. The van der Waals surface area contributed by atoms with Crippen LogP contribution in [0.3, 0.4) is 0 Å². The van der Waals surface area contributed by atoms with E-state index >= 15 is 0 Å². The number of ketones is 2. The lowest BCUT2D eigenvalue weighted by Gasteiger charge is -2.20. The Morgan fingerprint density at radius 2 is 1.83 bits per heavy atom. The third kappa shape index (κ3) is 6.10. The maximum atomic E-state index is 12.9. The number of hydrogen-bond acceptors (Lipinski definition) is 8. The summed E-state index contributed by atoms with van der Waals surface area (Å²) < 4.78 is 0. The van der Waals surface area contributed by atoms with Gasteiger partial charge in [-0.2, -0.15) is 0 Å². The van der Waals surface area contributed by atoms with Gasteiger partial charge in [-0.1, -0.05) is 56.3 Å². The number of aromatic amines is 1. The minimum absolute atomic E-state index is 0.00612. The molecular weight excluding hydrogens is 472 g/mol. The van der Waals surface area contributed by atoms with E-state index in [-0.39, 0.29) is 23.5 Å². The molecule has 0 bridgehead atoms. The van der Waals surface area contributed by atoms with Crippen molar-refractivity contribution in [2.45, 2.75) is 26.8 Å². The minimum atomic E-state index is -0.266. The van der Waals surface area contributed by atoms with Crippen molar-refractivity contribution in [3.63, 3.8) is 0 Å². The van der Waals surface area contributed by atoms with E-state index in [4.69, 9.17) is 0 Å². The first-order chi connectivity index (χ1) is 17.4. The Labute approximate surface area is 214 Å². The summed E-state index contributed by atoms with van der Waals surface area (Å²) >= 11 is 1.40. The Kier molecular flexibility index (Phi) is 8.35. The highest BCUT2D eigenvalue weighted by Crippen LogP contribution is 2.31. The number of hydrogen-bond donors (Lipinski definition) is 2. The van der Waals surface area contributed by atoms with Gasteiger partial charge in [0.25, 0.3) is 0 Å². The highest BCUT2D eigenvalue weighted by molar-refractivity contribution is 8.04. The van der Waals surface area contributed by atoms with E-state index in [9.17, 15) is 9.59 Å². The SMILES string of the molecule is CC1=C(SCCNC(c2ccc(/N=C\c3ccccc3)cc2)c2nnn[nH]2)C(=O)C(C(C)C)=CC1=O. The molecule has 0 amide bonds. The Hall–Kier alpha value is -3.69. The number of rotatable bonds is 10. The van der Waals surface area contributed by atoms with Gasteiger partial charge in [0.05, 0.1) is 16.6 Å². The summed E-state index contributed by atoms with van der Waals surface area (Å²) in [5, 5.41) is 17.8. The van der Waals surface area contributed by atoms with E-state index in [1.54, 1.807) is 6.92 Å². The smallest absolute Gasteiger partial charge is 0.196 e. The lowest BCUT2D eigenvalue weighted by molar-refractivity contribution is -0.115. The normalized spacial score (nSPS) is 15.2. The van der Waals surface area contributed by atoms with Crippen LogP contribution in [0.15, 0.2) is 81.7 Å². The van der Waals surface area contributed by atoms with Crippen LogP contribution < -0.4 is 5.32 Å². The number of thioether (sulfide) groups is 1. The van der Waals surface area contributed by atoms with E-state index in [1.165, 1.54) is 17.8 Å². The third-order valence-corrected chi connectivity index (χ3v) is 7.00. The van der Waals surface area contributed by atoms with Crippen LogP contribution >= 0.6 is 11.8 Å². The molecular formula is C27H28N6O2S. The summed E-state index contributed by atoms with van der Waals surface area (Å²) in [5.41, 5.74) is 3.93. The number of nitrogens with one attached hydrogen (secondary N) is 2. The Balaban J connectivity index is 1.41. The second kappa shape index (κ2) is 11.8. The fourth-order valence-corrected chi connectivity index (χ4v) is 4.78. The zero-order valence-corrected chi connectivity index (χ0v) is 21.2. The van der Waals surface area contributed by atoms with Gasteiger partial charge in [0.15, 0.2) is 17.4 Å². The number of aromatic nitrogens is 4. The summed E-state index contributed by atoms with van der Waals surface area (Å²) in [7, 11) is 0. The van der Waals surface area contributed by atoms with Gasteiger partial charge in [-0.25, -0.2) is 5.10 Å². The average Bonchev–Trinajstić information content (AvgIpc) is 3.42. The van der Waals surface area contributed by atoms with E-state index in [1.807, 2.05) is 74.7 Å². The number of carbonyl (C=O) groups excluding carboxylic acids is 2. The van der Waals surface area contributed by atoms with Crippen LogP contribution in [-0.2, 0) is 9.59 Å². The maximum absolute atomic E-state index is 12.9. The van der Waals surface area contributed by atoms with Crippen molar-refractivity contribution in [1.82, 2.24) is 25.9 Å². The molecule has 2 aromatic carbocycles. The molecule has 0 aliphatic heterocycles.